The van der Waals surface area contributed by atoms with Gasteiger partial charge in [0.1, 0.15) is 5.82 Å². The van der Waals surface area contributed by atoms with Gasteiger partial charge >= 0.3 is 0 Å². The van der Waals surface area contributed by atoms with Crippen LogP contribution in [0.4, 0.5) is 10.1 Å². The molecule has 7 nitrogen and oxygen atoms in total. The fraction of sp³-hybridized carbons (Fsp3) is 0.600. The Morgan fingerprint density at radius 1 is 1.14 bits per heavy atom. The molecule has 0 radical (unpaired) electrons. The van der Waals surface area contributed by atoms with E-state index in [9.17, 15) is 4.39 Å². The third kappa shape index (κ3) is 6.88. The Morgan fingerprint density at radius 3 is 2.52 bits per heavy atom. The van der Waals surface area contributed by atoms with E-state index in [1.54, 1.807) is 6.07 Å². The first-order valence-corrected chi connectivity index (χ1v) is 10.5. The van der Waals surface area contributed by atoms with Gasteiger partial charge in [0.15, 0.2) is 5.11 Å². The average Bonchev–Trinajstić information content (AvgIpc) is 2.76. The summed E-state index contributed by atoms with van der Waals surface area (Å²) in [4.78, 5) is 4.39. The number of ether oxygens (including phenoxy) is 2. The molecule has 0 unspecified atom stereocenters. The van der Waals surface area contributed by atoms with Crippen molar-refractivity contribution < 1.29 is 13.9 Å². The topological polar surface area (TPSA) is 61.4 Å². The predicted octanol–water partition coefficient (Wildman–Crippen LogP) is 1.57. The zero-order chi connectivity index (χ0) is 20.5. The van der Waals surface area contributed by atoms with Gasteiger partial charge in [-0.05, 0) is 44.2 Å². The summed E-state index contributed by atoms with van der Waals surface area (Å²) >= 11 is 5.27. The number of thiocarbonyl (C=S) groups is 1. The van der Waals surface area contributed by atoms with Crippen LogP contribution in [-0.2, 0) is 9.47 Å². The molecule has 2 aliphatic heterocycles. The standard InChI is InChI=1S/C20H30FN5O2S/c1-16(17-3-4-19(18(21)15-17)26-9-13-28-14-10-26)23-24-20(29)22-5-2-6-25-7-11-27-12-8-25/h3-4,15H,2,5-14H2,1H3,(H2,22,24,29)/b23-16-. The van der Waals surface area contributed by atoms with Crippen LogP contribution in [0.15, 0.2) is 23.3 Å². The van der Waals surface area contributed by atoms with E-state index in [-0.39, 0.29) is 5.82 Å². The number of hydrogen-bond acceptors (Lipinski definition) is 6. The zero-order valence-electron chi connectivity index (χ0n) is 17.0. The van der Waals surface area contributed by atoms with Crippen molar-refractivity contribution in [1.29, 1.82) is 0 Å². The van der Waals surface area contributed by atoms with Gasteiger partial charge in [-0.2, -0.15) is 5.10 Å². The van der Waals surface area contributed by atoms with Crippen molar-refractivity contribution in [1.82, 2.24) is 15.6 Å². The SMILES string of the molecule is C/C(=N/NC(=S)NCCCN1CCOCC1)c1ccc(N2CCOCC2)c(F)c1. The quantitative estimate of drug-likeness (QED) is 0.299. The normalized spacial score (nSPS) is 18.6. The van der Waals surface area contributed by atoms with E-state index >= 15 is 0 Å². The molecule has 2 fully saturated rings. The van der Waals surface area contributed by atoms with Crippen molar-refractivity contribution in [2.24, 2.45) is 5.10 Å². The lowest BCUT2D eigenvalue weighted by molar-refractivity contribution is 0.0376. The van der Waals surface area contributed by atoms with Crippen molar-refractivity contribution in [3.8, 4) is 0 Å². The fourth-order valence-corrected chi connectivity index (χ4v) is 3.51. The van der Waals surface area contributed by atoms with E-state index in [0.717, 1.165) is 51.4 Å². The van der Waals surface area contributed by atoms with Crippen LogP contribution in [0, 0.1) is 5.82 Å². The highest BCUT2D eigenvalue weighted by atomic mass is 32.1. The summed E-state index contributed by atoms with van der Waals surface area (Å²) in [5.74, 6) is -0.247. The number of hydrogen-bond donors (Lipinski definition) is 2. The molecular formula is C20H30FN5O2S. The van der Waals surface area contributed by atoms with Gasteiger partial charge in [0.05, 0.1) is 37.8 Å². The number of halogens is 1. The number of nitrogens with one attached hydrogen (secondary N) is 2. The summed E-state index contributed by atoms with van der Waals surface area (Å²) in [5, 5.41) is 7.91. The van der Waals surface area contributed by atoms with Gasteiger partial charge in [0, 0.05) is 38.3 Å². The van der Waals surface area contributed by atoms with Crippen LogP contribution in [0.1, 0.15) is 18.9 Å². The van der Waals surface area contributed by atoms with Crippen LogP contribution < -0.4 is 15.6 Å². The molecule has 0 bridgehead atoms. The fourth-order valence-electron chi connectivity index (χ4n) is 3.36. The minimum Gasteiger partial charge on any atom is -0.379 e. The smallest absolute Gasteiger partial charge is 0.186 e. The third-order valence-corrected chi connectivity index (χ3v) is 5.32. The van der Waals surface area contributed by atoms with Crippen LogP contribution in [0.3, 0.4) is 0 Å². The minimum absolute atomic E-state index is 0.247. The van der Waals surface area contributed by atoms with Gasteiger partial charge in [-0.3, -0.25) is 10.3 Å². The minimum atomic E-state index is -0.247. The highest BCUT2D eigenvalue weighted by Crippen LogP contribution is 2.21. The van der Waals surface area contributed by atoms with E-state index in [1.165, 1.54) is 6.07 Å². The zero-order valence-corrected chi connectivity index (χ0v) is 17.8. The van der Waals surface area contributed by atoms with Crippen LogP contribution in [0.25, 0.3) is 0 Å². The first-order chi connectivity index (χ1) is 14.1. The van der Waals surface area contributed by atoms with Gasteiger partial charge in [-0.25, -0.2) is 4.39 Å². The van der Waals surface area contributed by atoms with E-state index in [2.05, 4.69) is 20.7 Å². The van der Waals surface area contributed by atoms with Gasteiger partial charge < -0.3 is 19.7 Å². The lowest BCUT2D eigenvalue weighted by Gasteiger charge is -2.29. The summed E-state index contributed by atoms with van der Waals surface area (Å²) in [7, 11) is 0. The van der Waals surface area contributed by atoms with Crippen LogP contribution in [0.5, 0.6) is 0 Å². The number of hydrazone groups is 1. The monoisotopic (exact) mass is 423 g/mol. The van der Waals surface area contributed by atoms with E-state index in [0.29, 0.717) is 42.8 Å². The molecule has 2 aliphatic rings. The molecule has 2 saturated heterocycles. The molecule has 0 saturated carbocycles. The summed E-state index contributed by atoms with van der Waals surface area (Å²) in [6.07, 6.45) is 0.999. The summed E-state index contributed by atoms with van der Waals surface area (Å²) in [5.41, 5.74) is 4.85. The van der Waals surface area contributed by atoms with Crippen molar-refractivity contribution in [2.75, 3.05) is 70.6 Å². The molecule has 29 heavy (non-hydrogen) atoms. The molecule has 160 valence electrons. The molecule has 1 aromatic rings. The maximum absolute atomic E-state index is 14.5. The van der Waals surface area contributed by atoms with Crippen LogP contribution in [-0.4, -0.2) is 81.4 Å². The van der Waals surface area contributed by atoms with Gasteiger partial charge in [0.2, 0.25) is 0 Å². The largest absolute Gasteiger partial charge is 0.379 e. The van der Waals surface area contributed by atoms with Gasteiger partial charge in [-0.15, -0.1) is 0 Å². The second kappa shape index (κ2) is 11.4. The number of benzene rings is 1. The first kappa shape index (κ1) is 21.9. The lowest BCUT2D eigenvalue weighted by atomic mass is 10.1. The molecule has 9 heteroatoms. The highest BCUT2D eigenvalue weighted by Gasteiger charge is 2.16. The van der Waals surface area contributed by atoms with Crippen molar-refractivity contribution >= 4 is 28.7 Å². The predicted molar refractivity (Wildman–Crippen MR) is 117 cm³/mol. The van der Waals surface area contributed by atoms with Crippen molar-refractivity contribution in [3.63, 3.8) is 0 Å². The van der Waals surface area contributed by atoms with Gasteiger partial charge in [0.25, 0.3) is 0 Å². The Bertz CT molecular complexity index is 706. The maximum atomic E-state index is 14.5. The first-order valence-electron chi connectivity index (χ1n) is 10.1. The number of rotatable bonds is 7. The molecule has 1 aromatic carbocycles. The Kier molecular flexibility index (Phi) is 8.60. The van der Waals surface area contributed by atoms with E-state index in [1.807, 2.05) is 17.9 Å². The van der Waals surface area contributed by atoms with Crippen molar-refractivity contribution in [2.45, 2.75) is 13.3 Å². The highest BCUT2D eigenvalue weighted by molar-refractivity contribution is 7.80. The molecule has 0 aliphatic carbocycles. The van der Waals surface area contributed by atoms with Crippen molar-refractivity contribution in [3.05, 3.63) is 29.6 Å². The van der Waals surface area contributed by atoms with E-state index < -0.39 is 0 Å². The van der Waals surface area contributed by atoms with Crippen LogP contribution in [0.2, 0.25) is 0 Å². The van der Waals surface area contributed by atoms with Gasteiger partial charge in [-0.1, -0.05) is 6.07 Å². The molecule has 0 amide bonds. The van der Waals surface area contributed by atoms with Crippen LogP contribution >= 0.6 is 12.2 Å². The summed E-state index contributed by atoms with van der Waals surface area (Å²) in [6.45, 7) is 9.91. The second-order valence-electron chi connectivity index (χ2n) is 7.14. The summed E-state index contributed by atoms with van der Waals surface area (Å²) < 4.78 is 25.2. The molecule has 0 spiro atoms. The molecule has 0 atom stereocenters. The lowest BCUT2D eigenvalue weighted by Crippen LogP contribution is -2.39. The average molecular weight is 424 g/mol. The molecule has 2 heterocycles. The Labute approximate surface area is 177 Å². The maximum Gasteiger partial charge on any atom is 0.186 e. The second-order valence-corrected chi connectivity index (χ2v) is 7.55. The third-order valence-electron chi connectivity index (χ3n) is 5.08. The van der Waals surface area contributed by atoms with E-state index in [4.69, 9.17) is 21.7 Å². The number of anilines is 1. The Hall–Kier alpha value is -1.81. The number of nitrogens with zero attached hydrogens (tertiary/aromatic N) is 3. The molecular weight excluding hydrogens is 393 g/mol. The molecule has 0 aromatic heterocycles. The Morgan fingerprint density at radius 2 is 1.83 bits per heavy atom. The number of morpholine rings is 2. The Balaban J connectivity index is 1.42. The summed E-state index contributed by atoms with van der Waals surface area (Å²) in [6, 6.07) is 5.20. The molecule has 2 N–H and O–H groups in total. The molecule has 3 rings (SSSR count).